The van der Waals surface area contributed by atoms with Gasteiger partial charge in [-0.15, -0.1) is 0 Å². The number of nitrogens with zero attached hydrogens (tertiary/aromatic N) is 3. The summed E-state index contributed by atoms with van der Waals surface area (Å²) >= 11 is 0. The van der Waals surface area contributed by atoms with Gasteiger partial charge in [-0.05, 0) is 43.9 Å². The molecule has 0 amide bonds. The van der Waals surface area contributed by atoms with Gasteiger partial charge in [0.05, 0.1) is 23.9 Å². The number of aryl methyl sites for hydroxylation is 2. The van der Waals surface area contributed by atoms with E-state index >= 15 is 0 Å². The Morgan fingerprint density at radius 3 is 2.57 bits per heavy atom. The summed E-state index contributed by atoms with van der Waals surface area (Å²) in [5, 5.41) is 16.8. The minimum absolute atomic E-state index is 0.145. The van der Waals surface area contributed by atoms with Gasteiger partial charge in [0.25, 0.3) is 0 Å². The molecule has 0 bridgehead atoms. The Kier molecular flexibility index (Phi) is 6.43. The number of unbranched alkanes of at least 4 members (excludes halogenated alkanes) is 2. The molecule has 0 unspecified atom stereocenters. The van der Waals surface area contributed by atoms with Crippen LogP contribution in [0.1, 0.15) is 41.8 Å². The van der Waals surface area contributed by atoms with E-state index in [0.717, 1.165) is 36.1 Å². The van der Waals surface area contributed by atoms with Gasteiger partial charge in [0.1, 0.15) is 5.78 Å². The van der Waals surface area contributed by atoms with Crippen molar-refractivity contribution in [1.82, 2.24) is 10.2 Å². The Labute approximate surface area is 137 Å². The lowest BCUT2D eigenvalue weighted by atomic mass is 10.0. The van der Waals surface area contributed by atoms with E-state index in [0.29, 0.717) is 25.0 Å². The van der Waals surface area contributed by atoms with E-state index in [4.69, 9.17) is 5.26 Å². The number of ketones is 1. The Hall–Kier alpha value is -2.54. The lowest BCUT2D eigenvalue weighted by Crippen LogP contribution is -2.09. The molecule has 118 valence electrons. The molecule has 0 N–H and O–H groups in total. The molecule has 0 fully saturated rings. The first-order chi connectivity index (χ1) is 11.2. The zero-order chi connectivity index (χ0) is 16.5. The summed E-state index contributed by atoms with van der Waals surface area (Å²) in [6, 6.07) is 13.9. The first kappa shape index (κ1) is 16.8. The van der Waals surface area contributed by atoms with E-state index < -0.39 is 0 Å². The van der Waals surface area contributed by atoms with E-state index in [9.17, 15) is 4.79 Å². The summed E-state index contributed by atoms with van der Waals surface area (Å²) < 4.78 is 0. The molecule has 0 spiro atoms. The maximum Gasteiger partial charge on any atom is 0.143 e. The smallest absolute Gasteiger partial charge is 0.143 e. The third kappa shape index (κ3) is 5.99. The van der Waals surface area contributed by atoms with Crippen LogP contribution in [0, 0.1) is 18.3 Å². The van der Waals surface area contributed by atoms with Crippen molar-refractivity contribution in [3.05, 3.63) is 58.9 Å². The van der Waals surface area contributed by atoms with Crippen LogP contribution < -0.4 is 0 Å². The van der Waals surface area contributed by atoms with E-state index in [1.807, 2.05) is 43.3 Å². The normalized spacial score (nSPS) is 10.3. The molecule has 4 nitrogen and oxygen atoms in total. The Morgan fingerprint density at radius 2 is 1.87 bits per heavy atom. The highest BCUT2D eigenvalue weighted by Gasteiger charge is 2.07. The minimum atomic E-state index is 0.145. The van der Waals surface area contributed by atoms with Crippen molar-refractivity contribution >= 4 is 5.78 Å². The van der Waals surface area contributed by atoms with Crippen LogP contribution in [0.3, 0.4) is 0 Å². The Balaban J connectivity index is 1.83. The predicted molar refractivity (Wildman–Crippen MR) is 88.8 cm³/mol. The maximum absolute atomic E-state index is 12.1. The van der Waals surface area contributed by atoms with E-state index in [1.54, 1.807) is 0 Å². The molecule has 1 heterocycles. The maximum atomic E-state index is 12.1. The largest absolute Gasteiger partial charge is 0.299 e. The van der Waals surface area contributed by atoms with Gasteiger partial charge < -0.3 is 0 Å². The molecule has 2 aromatic rings. The van der Waals surface area contributed by atoms with Gasteiger partial charge in [-0.1, -0.05) is 29.8 Å². The van der Waals surface area contributed by atoms with Gasteiger partial charge in [0.2, 0.25) is 0 Å². The summed E-state index contributed by atoms with van der Waals surface area (Å²) in [4.78, 5) is 12.1. The lowest BCUT2D eigenvalue weighted by molar-refractivity contribution is -0.117. The summed E-state index contributed by atoms with van der Waals surface area (Å²) in [5.41, 5.74) is 3.83. The number of hydrogen-bond donors (Lipinski definition) is 0. The molecule has 0 saturated heterocycles. The van der Waals surface area contributed by atoms with E-state index in [-0.39, 0.29) is 5.78 Å². The van der Waals surface area contributed by atoms with Crippen LogP contribution in [0.4, 0.5) is 0 Å². The molecule has 0 atom stereocenters. The van der Waals surface area contributed by atoms with Gasteiger partial charge in [0, 0.05) is 12.8 Å². The van der Waals surface area contributed by atoms with Crippen LogP contribution in [0.2, 0.25) is 0 Å². The average Bonchev–Trinajstić information content (AvgIpc) is 2.53. The number of nitriles is 1. The molecule has 2 rings (SSSR count). The number of rotatable bonds is 8. The molecule has 1 aromatic heterocycles. The number of Topliss-reactive ketones (excluding diaryl/α,β-unsaturated/α-hetero) is 1. The standard InChI is InChI=1S/C19H21N3O/c1-15-6-5-7-16(12-15)13-19(23)14-18-10-9-17(21-22-18)8-3-2-4-11-20/h5-7,9-10,12H,2-4,8,13-14H2,1H3. The molecule has 4 heteroatoms. The highest BCUT2D eigenvalue weighted by atomic mass is 16.1. The van der Waals surface area contributed by atoms with Crippen molar-refractivity contribution in [2.24, 2.45) is 0 Å². The van der Waals surface area contributed by atoms with Crippen molar-refractivity contribution in [3.63, 3.8) is 0 Å². The molecule has 0 radical (unpaired) electrons. The summed E-state index contributed by atoms with van der Waals surface area (Å²) in [5.74, 6) is 0.145. The first-order valence-electron chi connectivity index (χ1n) is 7.93. The number of carbonyl (C=O) groups excluding carboxylic acids is 1. The van der Waals surface area contributed by atoms with Crippen LogP contribution >= 0.6 is 0 Å². The highest BCUT2D eigenvalue weighted by Crippen LogP contribution is 2.08. The molecule has 23 heavy (non-hydrogen) atoms. The monoisotopic (exact) mass is 307 g/mol. The van der Waals surface area contributed by atoms with Crippen molar-refractivity contribution in [2.45, 2.75) is 45.4 Å². The lowest BCUT2D eigenvalue weighted by Gasteiger charge is -2.03. The fourth-order valence-corrected chi connectivity index (χ4v) is 2.44. The predicted octanol–water partition coefficient (Wildman–Crippen LogP) is 3.38. The number of benzene rings is 1. The second kappa shape index (κ2) is 8.79. The molecule has 0 aliphatic heterocycles. The second-order valence-corrected chi connectivity index (χ2v) is 5.76. The summed E-state index contributed by atoms with van der Waals surface area (Å²) in [6.07, 6.45) is 3.98. The summed E-state index contributed by atoms with van der Waals surface area (Å²) in [7, 11) is 0. The van der Waals surface area contributed by atoms with Gasteiger partial charge in [-0.3, -0.25) is 4.79 Å². The van der Waals surface area contributed by atoms with Crippen molar-refractivity contribution in [3.8, 4) is 6.07 Å². The number of hydrogen-bond acceptors (Lipinski definition) is 4. The molecule has 0 saturated carbocycles. The summed E-state index contributed by atoms with van der Waals surface area (Å²) in [6.45, 7) is 2.02. The van der Waals surface area contributed by atoms with E-state index in [2.05, 4.69) is 16.3 Å². The van der Waals surface area contributed by atoms with Crippen LogP contribution in [0.15, 0.2) is 36.4 Å². The SMILES string of the molecule is Cc1cccc(CC(=O)Cc2ccc(CCCCC#N)nn2)c1. The Bertz CT molecular complexity index is 687. The molecule has 1 aromatic carbocycles. The third-order valence-corrected chi connectivity index (χ3v) is 3.61. The van der Waals surface area contributed by atoms with Crippen LogP contribution in [-0.4, -0.2) is 16.0 Å². The third-order valence-electron chi connectivity index (χ3n) is 3.61. The van der Waals surface area contributed by atoms with E-state index in [1.165, 1.54) is 0 Å². The van der Waals surface area contributed by atoms with Crippen LogP contribution in [0.25, 0.3) is 0 Å². The number of carbonyl (C=O) groups is 1. The zero-order valence-electron chi connectivity index (χ0n) is 13.5. The van der Waals surface area contributed by atoms with Gasteiger partial charge in [-0.2, -0.15) is 15.5 Å². The quantitative estimate of drug-likeness (QED) is 0.701. The van der Waals surface area contributed by atoms with Gasteiger partial charge in [-0.25, -0.2) is 0 Å². The Morgan fingerprint density at radius 1 is 1.09 bits per heavy atom. The van der Waals surface area contributed by atoms with Crippen LogP contribution in [-0.2, 0) is 24.1 Å². The minimum Gasteiger partial charge on any atom is -0.299 e. The van der Waals surface area contributed by atoms with Gasteiger partial charge >= 0.3 is 0 Å². The van der Waals surface area contributed by atoms with Crippen LogP contribution in [0.5, 0.6) is 0 Å². The molecular weight excluding hydrogens is 286 g/mol. The fraction of sp³-hybridized carbons (Fsp3) is 0.368. The first-order valence-corrected chi connectivity index (χ1v) is 7.93. The van der Waals surface area contributed by atoms with Crippen molar-refractivity contribution in [2.75, 3.05) is 0 Å². The zero-order valence-corrected chi connectivity index (χ0v) is 13.5. The van der Waals surface area contributed by atoms with Gasteiger partial charge in [0.15, 0.2) is 0 Å². The topological polar surface area (TPSA) is 66.6 Å². The van der Waals surface area contributed by atoms with Crippen molar-refractivity contribution < 1.29 is 4.79 Å². The fourth-order valence-electron chi connectivity index (χ4n) is 2.44. The molecule has 0 aliphatic carbocycles. The second-order valence-electron chi connectivity index (χ2n) is 5.76. The average molecular weight is 307 g/mol. The molecule has 0 aliphatic rings. The molecular formula is C19H21N3O. The van der Waals surface area contributed by atoms with Crippen molar-refractivity contribution in [1.29, 1.82) is 5.26 Å². The highest BCUT2D eigenvalue weighted by molar-refractivity contribution is 5.82. The number of aromatic nitrogens is 2.